The van der Waals surface area contributed by atoms with E-state index in [-0.39, 0.29) is 59.1 Å². The van der Waals surface area contributed by atoms with Crippen LogP contribution in [0, 0.1) is 0 Å². The van der Waals surface area contributed by atoms with Crippen molar-refractivity contribution in [2.45, 2.75) is 0 Å². The molecular weight excluding hydrogens is 190 g/mol. The van der Waals surface area contributed by atoms with Gasteiger partial charge in [-0.3, -0.25) is 9.11 Å². The quantitative estimate of drug-likeness (QED) is 0.222. The van der Waals surface area contributed by atoms with Gasteiger partial charge in [-0.1, -0.05) is 0 Å². The molecular formula is H2Na2O5S2. The van der Waals surface area contributed by atoms with Crippen LogP contribution in [0.4, 0.5) is 0 Å². The van der Waals surface area contributed by atoms with Crippen LogP contribution in [-0.4, -0.2) is 80.8 Å². The van der Waals surface area contributed by atoms with Crippen LogP contribution in [0.1, 0.15) is 0 Å². The minimum absolute atomic E-state index is 0. The number of hydrogen-bond donors (Lipinski definition) is 2. The predicted molar refractivity (Wildman–Crippen MR) is 33.8 cm³/mol. The molecule has 0 aromatic rings. The van der Waals surface area contributed by atoms with Crippen LogP contribution in [0.15, 0.2) is 0 Å². The van der Waals surface area contributed by atoms with Crippen LogP contribution < -0.4 is 0 Å². The van der Waals surface area contributed by atoms with Gasteiger partial charge in [0.1, 0.15) is 0 Å². The Bertz CT molecular complexity index is 167. The molecule has 0 rings (SSSR count). The van der Waals surface area contributed by atoms with E-state index in [0.29, 0.717) is 0 Å². The third kappa shape index (κ3) is 10.0. The molecule has 2 radical (unpaired) electrons. The number of hydrogen-bond acceptors (Lipinski definition) is 3. The molecule has 46 valence electrons. The molecule has 0 aromatic heterocycles. The molecule has 2 N–H and O–H groups in total. The first-order chi connectivity index (χ1) is 2.94. The fourth-order valence-electron chi connectivity index (χ4n) is 0. The van der Waals surface area contributed by atoms with E-state index in [4.69, 9.17) is 9.11 Å². The summed E-state index contributed by atoms with van der Waals surface area (Å²) in [5.74, 6) is 0. The van der Waals surface area contributed by atoms with E-state index in [1.54, 1.807) is 0 Å². The predicted octanol–water partition coefficient (Wildman–Crippen LogP) is -1.75. The Morgan fingerprint density at radius 3 is 1.33 bits per heavy atom. The van der Waals surface area contributed by atoms with Crippen molar-refractivity contribution in [2.75, 3.05) is 0 Å². The minimum atomic E-state index is -4.71. The first-order valence-corrected chi connectivity index (χ1v) is 4.10. The van der Waals surface area contributed by atoms with Gasteiger partial charge in [0, 0.05) is 59.1 Å². The van der Waals surface area contributed by atoms with Gasteiger partial charge in [-0.15, -0.1) is 0 Å². The summed E-state index contributed by atoms with van der Waals surface area (Å²) < 4.78 is 43.0. The van der Waals surface area contributed by atoms with E-state index in [0.717, 1.165) is 0 Å². The summed E-state index contributed by atoms with van der Waals surface area (Å²) in [6, 6.07) is 0. The van der Waals surface area contributed by atoms with Crippen LogP contribution in [0.3, 0.4) is 0 Å². The maximum Gasteiger partial charge on any atom is 0.373 e. The first kappa shape index (κ1) is 17.2. The molecule has 0 saturated heterocycles. The van der Waals surface area contributed by atoms with E-state index in [9.17, 15) is 12.6 Å². The molecule has 0 fully saturated rings. The Morgan fingerprint density at radius 1 is 1.22 bits per heavy atom. The molecule has 9 heteroatoms. The summed E-state index contributed by atoms with van der Waals surface area (Å²) in [4.78, 5) is 0. The van der Waals surface area contributed by atoms with Crippen LogP contribution in [0.5, 0.6) is 0 Å². The summed E-state index contributed by atoms with van der Waals surface area (Å²) in [7, 11) is -7.87. The minimum Gasteiger partial charge on any atom is -0.292 e. The average Bonchev–Trinajstić information content (AvgIpc) is 1.31. The molecule has 0 heterocycles. The molecule has 1 unspecified atom stereocenters. The van der Waals surface area contributed by atoms with Gasteiger partial charge in [0.2, 0.25) is 0 Å². The van der Waals surface area contributed by atoms with Crippen molar-refractivity contribution in [2.24, 2.45) is 0 Å². The smallest absolute Gasteiger partial charge is 0.292 e. The van der Waals surface area contributed by atoms with Crippen LogP contribution >= 0.6 is 0 Å². The largest absolute Gasteiger partial charge is 0.373 e. The molecule has 0 spiro atoms. The van der Waals surface area contributed by atoms with Gasteiger partial charge < -0.3 is 0 Å². The van der Waals surface area contributed by atoms with Crippen LogP contribution in [0.25, 0.3) is 0 Å². The maximum absolute atomic E-state index is 9.34. The van der Waals surface area contributed by atoms with Crippen LogP contribution in [0.2, 0.25) is 0 Å². The normalized spacial score (nSPS) is 12.7. The van der Waals surface area contributed by atoms with Gasteiger partial charge in [-0.25, -0.2) is 4.21 Å². The molecule has 0 amide bonds. The first-order valence-electron chi connectivity index (χ1n) is 1.03. The molecule has 0 aliphatic heterocycles. The van der Waals surface area contributed by atoms with Gasteiger partial charge >= 0.3 is 19.3 Å². The van der Waals surface area contributed by atoms with Crippen molar-refractivity contribution >= 4 is 78.4 Å². The Labute approximate surface area is 98.6 Å². The van der Waals surface area contributed by atoms with Crippen molar-refractivity contribution in [3.63, 3.8) is 0 Å². The fourth-order valence-corrected chi connectivity index (χ4v) is 0. The van der Waals surface area contributed by atoms with Gasteiger partial charge in [-0.2, -0.15) is 8.42 Å². The van der Waals surface area contributed by atoms with E-state index in [2.05, 4.69) is 0 Å². The van der Waals surface area contributed by atoms with E-state index in [1.807, 2.05) is 0 Å². The summed E-state index contributed by atoms with van der Waals surface area (Å²) in [6.45, 7) is 0. The van der Waals surface area contributed by atoms with Crippen LogP contribution in [-0.2, 0) is 19.3 Å². The van der Waals surface area contributed by atoms with Crippen molar-refractivity contribution in [1.29, 1.82) is 0 Å². The zero-order valence-electron chi connectivity index (χ0n) is 4.94. The Kier molecular flexibility index (Phi) is 12.8. The molecule has 0 saturated carbocycles. The molecule has 5 nitrogen and oxygen atoms in total. The molecule has 0 aliphatic carbocycles. The second-order valence-electron chi connectivity index (χ2n) is 0.645. The van der Waals surface area contributed by atoms with E-state index in [1.165, 1.54) is 0 Å². The Morgan fingerprint density at radius 2 is 1.33 bits per heavy atom. The second-order valence-corrected chi connectivity index (χ2v) is 4.05. The Hall–Kier alpha value is 2.02. The fraction of sp³-hybridized carbons (Fsp3) is 0. The summed E-state index contributed by atoms with van der Waals surface area (Å²) in [6.07, 6.45) is 0. The maximum atomic E-state index is 9.34. The molecule has 9 heavy (non-hydrogen) atoms. The zero-order chi connectivity index (χ0) is 6.08. The van der Waals surface area contributed by atoms with Gasteiger partial charge in [0.15, 0.2) is 0 Å². The monoisotopic (exact) mass is 192 g/mol. The zero-order valence-corrected chi connectivity index (χ0v) is 10.6. The van der Waals surface area contributed by atoms with Crippen molar-refractivity contribution in [3.8, 4) is 0 Å². The third-order valence-corrected chi connectivity index (χ3v) is 1.62. The average molecular weight is 192 g/mol. The standard InChI is InChI=1S/2Na.H2O5S2/c;;1-6(2)7(3,4)5/h;;(H,1,2)(H,3,4,5). The molecule has 1 atom stereocenters. The van der Waals surface area contributed by atoms with Gasteiger partial charge in [0.25, 0.3) is 0 Å². The summed E-state index contributed by atoms with van der Waals surface area (Å²) >= 11 is 0. The van der Waals surface area contributed by atoms with Crippen molar-refractivity contribution in [1.82, 2.24) is 0 Å². The summed E-state index contributed by atoms with van der Waals surface area (Å²) in [5, 5.41) is 0. The molecule has 0 bridgehead atoms. The third-order valence-electron chi connectivity index (χ3n) is 0.180. The van der Waals surface area contributed by atoms with E-state index >= 15 is 0 Å². The topological polar surface area (TPSA) is 91.7 Å². The molecule has 0 aromatic carbocycles. The SMILES string of the molecule is O=S(O)S(=O)(=O)O.[Na].[Na]. The number of rotatable bonds is 1. The van der Waals surface area contributed by atoms with Crippen molar-refractivity contribution < 1.29 is 21.7 Å². The summed E-state index contributed by atoms with van der Waals surface area (Å²) in [5.41, 5.74) is 0. The van der Waals surface area contributed by atoms with Crippen molar-refractivity contribution in [3.05, 3.63) is 0 Å². The van der Waals surface area contributed by atoms with Gasteiger partial charge in [0.05, 0.1) is 0 Å². The molecule has 0 aliphatic rings. The second kappa shape index (κ2) is 6.71. The van der Waals surface area contributed by atoms with Gasteiger partial charge in [-0.05, 0) is 0 Å². The Balaban J connectivity index is -0.000000180. The van der Waals surface area contributed by atoms with E-state index < -0.39 is 19.3 Å².